The second-order valence-electron chi connectivity index (χ2n) is 7.00. The first kappa shape index (κ1) is 17.1. The molecule has 0 spiro atoms. The van der Waals surface area contributed by atoms with Gasteiger partial charge in [-0.3, -0.25) is 14.6 Å². The standard InChI is InChI=1S/C18H21N5O2S/c1-11-16(26-22-21-11)18(25)23-13-5-4-6-14(23)10-12(9-13)20-17(24)15-7-2-3-8-19-15/h2-3,7-8,12-14H,4-6,9-10H2,1H3,(H,20,24)/t12?,13-,14+. The first-order chi connectivity index (χ1) is 12.6. The van der Waals surface area contributed by atoms with Gasteiger partial charge in [0.05, 0.1) is 5.69 Å². The molecule has 0 saturated carbocycles. The van der Waals surface area contributed by atoms with E-state index in [-0.39, 0.29) is 29.9 Å². The van der Waals surface area contributed by atoms with Crippen LogP contribution in [0, 0.1) is 6.92 Å². The van der Waals surface area contributed by atoms with E-state index in [9.17, 15) is 9.59 Å². The number of nitrogens with one attached hydrogen (secondary N) is 1. The highest BCUT2D eigenvalue weighted by molar-refractivity contribution is 7.07. The predicted molar refractivity (Wildman–Crippen MR) is 97.0 cm³/mol. The highest BCUT2D eigenvalue weighted by Gasteiger charge is 2.42. The number of aromatic nitrogens is 3. The van der Waals surface area contributed by atoms with Gasteiger partial charge >= 0.3 is 0 Å². The van der Waals surface area contributed by atoms with Crippen molar-refractivity contribution in [3.05, 3.63) is 40.7 Å². The molecule has 0 aromatic carbocycles. The topological polar surface area (TPSA) is 88.1 Å². The molecule has 136 valence electrons. The number of amides is 2. The van der Waals surface area contributed by atoms with Gasteiger partial charge in [-0.05, 0) is 62.7 Å². The van der Waals surface area contributed by atoms with E-state index in [0.717, 1.165) is 32.1 Å². The molecule has 2 aromatic rings. The van der Waals surface area contributed by atoms with Crippen LogP contribution in [0.3, 0.4) is 0 Å². The van der Waals surface area contributed by atoms with Gasteiger partial charge in [0.15, 0.2) is 0 Å². The third kappa shape index (κ3) is 3.21. The van der Waals surface area contributed by atoms with Crippen molar-refractivity contribution in [1.29, 1.82) is 0 Å². The lowest BCUT2D eigenvalue weighted by atomic mass is 9.81. The zero-order valence-corrected chi connectivity index (χ0v) is 15.4. The maximum Gasteiger partial charge on any atom is 0.270 e. The number of fused-ring (bicyclic) bond motifs is 2. The van der Waals surface area contributed by atoms with E-state index < -0.39 is 0 Å². The second kappa shape index (κ2) is 7.11. The van der Waals surface area contributed by atoms with Gasteiger partial charge in [-0.2, -0.15) is 0 Å². The molecule has 26 heavy (non-hydrogen) atoms. The predicted octanol–water partition coefficient (Wildman–Crippen LogP) is 2.20. The highest BCUT2D eigenvalue weighted by Crippen LogP contribution is 2.36. The molecule has 7 nitrogen and oxygen atoms in total. The van der Waals surface area contributed by atoms with Crippen LogP contribution in [-0.2, 0) is 0 Å². The van der Waals surface area contributed by atoms with Crippen LogP contribution in [0.2, 0.25) is 0 Å². The maximum absolute atomic E-state index is 13.0. The van der Waals surface area contributed by atoms with E-state index in [0.29, 0.717) is 16.3 Å². The molecule has 1 unspecified atom stereocenters. The Morgan fingerprint density at radius 1 is 1.23 bits per heavy atom. The van der Waals surface area contributed by atoms with Crippen LogP contribution in [0.1, 0.15) is 58.0 Å². The Hall–Kier alpha value is -2.35. The minimum absolute atomic E-state index is 0.0432. The summed E-state index contributed by atoms with van der Waals surface area (Å²) < 4.78 is 3.90. The molecule has 4 rings (SSSR count). The van der Waals surface area contributed by atoms with Crippen LogP contribution in [0.5, 0.6) is 0 Å². The Labute approximate surface area is 156 Å². The monoisotopic (exact) mass is 371 g/mol. The molecule has 3 atom stereocenters. The molecule has 2 saturated heterocycles. The number of pyridine rings is 1. The molecule has 0 radical (unpaired) electrons. The molecule has 2 aromatic heterocycles. The van der Waals surface area contributed by atoms with E-state index in [1.807, 2.05) is 17.9 Å². The van der Waals surface area contributed by atoms with Crippen molar-refractivity contribution < 1.29 is 9.59 Å². The lowest BCUT2D eigenvalue weighted by molar-refractivity contribution is 0.0210. The van der Waals surface area contributed by atoms with E-state index >= 15 is 0 Å². The van der Waals surface area contributed by atoms with Crippen molar-refractivity contribution in [3.63, 3.8) is 0 Å². The summed E-state index contributed by atoms with van der Waals surface area (Å²) in [7, 11) is 0. The molecule has 1 N–H and O–H groups in total. The summed E-state index contributed by atoms with van der Waals surface area (Å²) in [4.78, 5) is 32.2. The van der Waals surface area contributed by atoms with Crippen molar-refractivity contribution >= 4 is 23.3 Å². The normalized spacial score (nSPS) is 25.0. The fourth-order valence-corrected chi connectivity index (χ4v) is 4.73. The Morgan fingerprint density at radius 2 is 2.00 bits per heavy atom. The fraction of sp³-hybridized carbons (Fsp3) is 0.500. The number of piperidine rings is 2. The second-order valence-corrected chi connectivity index (χ2v) is 7.75. The first-order valence-electron chi connectivity index (χ1n) is 8.97. The number of rotatable bonds is 3. The summed E-state index contributed by atoms with van der Waals surface area (Å²) in [6.07, 6.45) is 6.27. The minimum atomic E-state index is -0.143. The van der Waals surface area contributed by atoms with Crippen LogP contribution in [0.15, 0.2) is 24.4 Å². The number of hydrogen-bond donors (Lipinski definition) is 1. The number of nitrogens with zero attached hydrogens (tertiary/aromatic N) is 4. The van der Waals surface area contributed by atoms with Gasteiger partial charge in [-0.25, -0.2) is 0 Å². The number of aryl methyl sites for hydroxylation is 1. The minimum Gasteiger partial charge on any atom is -0.348 e. The molecule has 2 aliphatic heterocycles. The van der Waals surface area contributed by atoms with Gasteiger partial charge in [0.25, 0.3) is 11.8 Å². The van der Waals surface area contributed by atoms with Crippen molar-refractivity contribution in [1.82, 2.24) is 24.8 Å². The number of carbonyl (C=O) groups excluding carboxylic acids is 2. The Kier molecular flexibility index (Phi) is 4.67. The van der Waals surface area contributed by atoms with Gasteiger partial charge in [-0.15, -0.1) is 5.10 Å². The van der Waals surface area contributed by atoms with Crippen molar-refractivity contribution in [2.24, 2.45) is 0 Å². The fourth-order valence-electron chi connectivity index (χ4n) is 4.13. The third-order valence-electron chi connectivity index (χ3n) is 5.29. The molecule has 4 heterocycles. The molecule has 0 aliphatic carbocycles. The summed E-state index contributed by atoms with van der Waals surface area (Å²) in [6.45, 7) is 1.83. The molecular weight excluding hydrogens is 350 g/mol. The molecule has 8 heteroatoms. The molecule has 2 bridgehead atoms. The van der Waals surface area contributed by atoms with Crippen LogP contribution < -0.4 is 5.32 Å². The van der Waals surface area contributed by atoms with Gasteiger partial charge in [0, 0.05) is 24.3 Å². The summed E-state index contributed by atoms with van der Waals surface area (Å²) in [5.41, 5.74) is 1.13. The van der Waals surface area contributed by atoms with Gasteiger partial charge < -0.3 is 10.2 Å². The molecule has 2 aliphatic rings. The van der Waals surface area contributed by atoms with E-state index in [1.54, 1.807) is 18.3 Å². The third-order valence-corrected chi connectivity index (χ3v) is 6.10. The zero-order valence-electron chi connectivity index (χ0n) is 14.6. The Morgan fingerprint density at radius 3 is 2.62 bits per heavy atom. The molecular formula is C18H21N5O2S. The largest absolute Gasteiger partial charge is 0.348 e. The van der Waals surface area contributed by atoms with Crippen LogP contribution in [-0.4, -0.2) is 49.4 Å². The average Bonchev–Trinajstić information content (AvgIpc) is 3.07. The van der Waals surface area contributed by atoms with Crippen molar-refractivity contribution in [2.75, 3.05) is 0 Å². The highest BCUT2D eigenvalue weighted by atomic mass is 32.1. The van der Waals surface area contributed by atoms with E-state index in [4.69, 9.17) is 0 Å². The number of carbonyl (C=O) groups is 2. The SMILES string of the molecule is Cc1nnsc1C(=O)N1[C@@H]2CCC[C@H]1CC(NC(=O)c1ccccn1)C2. The Balaban J connectivity index is 1.47. The van der Waals surface area contributed by atoms with Gasteiger partial charge in [-0.1, -0.05) is 10.6 Å². The van der Waals surface area contributed by atoms with Crippen LogP contribution in [0.4, 0.5) is 0 Å². The first-order valence-corrected chi connectivity index (χ1v) is 9.74. The summed E-state index contributed by atoms with van der Waals surface area (Å²) >= 11 is 1.17. The summed E-state index contributed by atoms with van der Waals surface area (Å²) in [5, 5.41) is 7.08. The van der Waals surface area contributed by atoms with E-state index in [1.165, 1.54) is 11.5 Å². The van der Waals surface area contributed by atoms with Gasteiger partial charge in [0.1, 0.15) is 10.6 Å². The summed E-state index contributed by atoms with van der Waals surface area (Å²) in [5.74, 6) is -0.0994. The quantitative estimate of drug-likeness (QED) is 0.894. The lowest BCUT2D eigenvalue weighted by Crippen LogP contribution is -2.58. The summed E-state index contributed by atoms with van der Waals surface area (Å²) in [6, 6.07) is 5.71. The van der Waals surface area contributed by atoms with Crippen molar-refractivity contribution in [2.45, 2.75) is 57.2 Å². The zero-order chi connectivity index (χ0) is 18.1. The van der Waals surface area contributed by atoms with E-state index in [2.05, 4.69) is 19.9 Å². The van der Waals surface area contributed by atoms with Gasteiger partial charge in [0.2, 0.25) is 0 Å². The van der Waals surface area contributed by atoms with Crippen molar-refractivity contribution in [3.8, 4) is 0 Å². The molecule has 2 amide bonds. The maximum atomic E-state index is 13.0. The number of hydrogen-bond acceptors (Lipinski definition) is 6. The van der Waals surface area contributed by atoms with Crippen LogP contribution in [0.25, 0.3) is 0 Å². The lowest BCUT2D eigenvalue weighted by Gasteiger charge is -2.48. The Bertz CT molecular complexity index is 795. The van der Waals surface area contributed by atoms with Crippen LogP contribution >= 0.6 is 11.5 Å². The average molecular weight is 371 g/mol. The smallest absolute Gasteiger partial charge is 0.270 e. The molecule has 2 fully saturated rings.